The average molecular weight is 466 g/mol. The van der Waals surface area contributed by atoms with E-state index in [0.717, 1.165) is 24.2 Å². The first-order chi connectivity index (χ1) is 17.7. The molecule has 6 rings (SSSR count). The van der Waals surface area contributed by atoms with Crippen LogP contribution in [0, 0.1) is 0 Å². The van der Waals surface area contributed by atoms with E-state index < -0.39 is 0 Å². The van der Waals surface area contributed by atoms with E-state index >= 15 is 0 Å². The minimum Gasteiger partial charge on any atom is -0.310 e. The van der Waals surface area contributed by atoms with Crippen molar-refractivity contribution in [3.05, 3.63) is 139 Å². The van der Waals surface area contributed by atoms with E-state index in [2.05, 4.69) is 146 Å². The lowest BCUT2D eigenvalue weighted by atomic mass is 9.74. The number of hydrogen-bond acceptors (Lipinski definition) is 1. The van der Waals surface area contributed by atoms with Crippen molar-refractivity contribution in [1.82, 2.24) is 0 Å². The summed E-state index contributed by atoms with van der Waals surface area (Å²) in [5, 5.41) is 0. The van der Waals surface area contributed by atoms with Crippen LogP contribution in [0.1, 0.15) is 37.8 Å². The molecular formula is C35H31N. The van der Waals surface area contributed by atoms with Crippen LogP contribution >= 0.6 is 0 Å². The molecule has 1 aliphatic carbocycles. The predicted molar refractivity (Wildman–Crippen MR) is 153 cm³/mol. The van der Waals surface area contributed by atoms with Gasteiger partial charge in [-0.05, 0) is 82.6 Å². The summed E-state index contributed by atoms with van der Waals surface area (Å²) in [5.74, 6) is 0. The molecule has 0 saturated carbocycles. The summed E-state index contributed by atoms with van der Waals surface area (Å²) in [6, 6.07) is 46.3. The molecule has 0 unspecified atom stereocenters. The third-order valence-corrected chi connectivity index (χ3v) is 7.94. The van der Waals surface area contributed by atoms with Gasteiger partial charge in [0.2, 0.25) is 0 Å². The standard InChI is InChI=1S/C35H31N/c1-3-35(4-2)33-21-12-11-20-31(33)32-23-22-30(25-34(32)35)36(28-17-9-6-10-18-28)29-19-13-16-27(24-29)26-14-7-5-8-15-26/h5-25H,3-4H2,1-2H3. The normalized spacial score (nSPS) is 13.2. The molecular weight excluding hydrogens is 434 g/mol. The van der Waals surface area contributed by atoms with E-state index in [-0.39, 0.29) is 5.41 Å². The average Bonchev–Trinajstić information content (AvgIpc) is 3.24. The van der Waals surface area contributed by atoms with E-state index in [1.807, 2.05) is 0 Å². The van der Waals surface area contributed by atoms with Gasteiger partial charge in [0.1, 0.15) is 0 Å². The Labute approximate surface area is 214 Å². The second-order valence-electron chi connectivity index (χ2n) is 9.65. The zero-order valence-electron chi connectivity index (χ0n) is 21.0. The van der Waals surface area contributed by atoms with Gasteiger partial charge >= 0.3 is 0 Å². The highest BCUT2D eigenvalue weighted by atomic mass is 15.1. The molecule has 1 heteroatoms. The Hall–Kier alpha value is -4.10. The molecule has 0 saturated heterocycles. The second-order valence-corrected chi connectivity index (χ2v) is 9.65. The van der Waals surface area contributed by atoms with Gasteiger partial charge in [-0.15, -0.1) is 0 Å². The Kier molecular flexibility index (Phi) is 5.70. The maximum atomic E-state index is 2.45. The molecule has 176 valence electrons. The second kappa shape index (κ2) is 9.17. The largest absolute Gasteiger partial charge is 0.310 e. The Balaban J connectivity index is 1.54. The zero-order valence-corrected chi connectivity index (χ0v) is 21.0. The number of rotatable bonds is 6. The van der Waals surface area contributed by atoms with E-state index in [1.54, 1.807) is 0 Å². The fourth-order valence-corrected chi connectivity index (χ4v) is 6.07. The number of benzene rings is 5. The summed E-state index contributed by atoms with van der Waals surface area (Å²) in [6.07, 6.45) is 2.18. The zero-order chi connectivity index (χ0) is 24.5. The van der Waals surface area contributed by atoms with E-state index in [0.29, 0.717) is 0 Å². The SMILES string of the molecule is CCC1(CC)c2ccccc2-c2ccc(N(c3ccccc3)c3cccc(-c4ccccc4)c3)cc21. The van der Waals surface area contributed by atoms with Gasteiger partial charge in [-0.2, -0.15) is 0 Å². The highest BCUT2D eigenvalue weighted by molar-refractivity contribution is 5.86. The van der Waals surface area contributed by atoms with E-state index in [9.17, 15) is 0 Å². The molecule has 1 aliphatic rings. The molecule has 5 aromatic carbocycles. The van der Waals surface area contributed by atoms with Gasteiger partial charge in [0.15, 0.2) is 0 Å². The molecule has 0 bridgehead atoms. The Bertz CT molecular complexity index is 1500. The topological polar surface area (TPSA) is 3.24 Å². The van der Waals surface area contributed by atoms with Crippen molar-refractivity contribution in [2.24, 2.45) is 0 Å². The van der Waals surface area contributed by atoms with Crippen molar-refractivity contribution in [1.29, 1.82) is 0 Å². The van der Waals surface area contributed by atoms with Gasteiger partial charge in [-0.25, -0.2) is 0 Å². The molecule has 0 heterocycles. The minimum absolute atomic E-state index is 0.0518. The summed E-state index contributed by atoms with van der Waals surface area (Å²) in [6.45, 7) is 4.67. The monoisotopic (exact) mass is 465 g/mol. The van der Waals surface area contributed by atoms with Crippen LogP contribution in [0.4, 0.5) is 17.1 Å². The number of nitrogens with zero attached hydrogens (tertiary/aromatic N) is 1. The van der Waals surface area contributed by atoms with Crippen molar-refractivity contribution in [2.75, 3.05) is 4.90 Å². The Morgan fingerprint density at radius 2 is 1.06 bits per heavy atom. The van der Waals surface area contributed by atoms with Crippen LogP contribution in [0.3, 0.4) is 0 Å². The van der Waals surface area contributed by atoms with Crippen molar-refractivity contribution >= 4 is 17.1 Å². The molecule has 0 spiro atoms. The lowest BCUT2D eigenvalue weighted by molar-refractivity contribution is 0.490. The molecule has 0 radical (unpaired) electrons. The smallest absolute Gasteiger partial charge is 0.0467 e. The summed E-state index contributed by atoms with van der Waals surface area (Å²) >= 11 is 0. The first-order valence-electron chi connectivity index (χ1n) is 13.0. The number of hydrogen-bond donors (Lipinski definition) is 0. The fourth-order valence-electron chi connectivity index (χ4n) is 6.07. The first kappa shape index (κ1) is 22.4. The highest BCUT2D eigenvalue weighted by Gasteiger charge is 2.40. The molecule has 0 aliphatic heterocycles. The summed E-state index contributed by atoms with van der Waals surface area (Å²) in [7, 11) is 0. The quantitative estimate of drug-likeness (QED) is 0.241. The van der Waals surface area contributed by atoms with Crippen LogP contribution < -0.4 is 4.90 Å². The number of fused-ring (bicyclic) bond motifs is 3. The fraction of sp³-hybridized carbons (Fsp3) is 0.143. The molecule has 5 aromatic rings. The lowest BCUT2D eigenvalue weighted by Gasteiger charge is -2.31. The van der Waals surface area contributed by atoms with Gasteiger partial charge in [0.25, 0.3) is 0 Å². The van der Waals surface area contributed by atoms with E-state index in [1.165, 1.54) is 39.1 Å². The van der Waals surface area contributed by atoms with Gasteiger partial charge in [-0.1, -0.05) is 105 Å². The minimum atomic E-state index is 0.0518. The summed E-state index contributed by atoms with van der Waals surface area (Å²) < 4.78 is 0. The Morgan fingerprint density at radius 1 is 0.472 bits per heavy atom. The number of para-hydroxylation sites is 1. The van der Waals surface area contributed by atoms with Crippen LogP contribution in [0.25, 0.3) is 22.3 Å². The van der Waals surface area contributed by atoms with Gasteiger partial charge in [0, 0.05) is 22.5 Å². The molecule has 0 amide bonds. The van der Waals surface area contributed by atoms with Crippen LogP contribution in [0.5, 0.6) is 0 Å². The third kappa shape index (κ3) is 3.55. The molecule has 0 aromatic heterocycles. The van der Waals surface area contributed by atoms with Crippen LogP contribution in [-0.2, 0) is 5.41 Å². The predicted octanol–water partition coefficient (Wildman–Crippen LogP) is 9.91. The van der Waals surface area contributed by atoms with Gasteiger partial charge < -0.3 is 4.90 Å². The van der Waals surface area contributed by atoms with Gasteiger partial charge in [0.05, 0.1) is 0 Å². The maximum absolute atomic E-state index is 2.45. The van der Waals surface area contributed by atoms with Crippen LogP contribution in [-0.4, -0.2) is 0 Å². The van der Waals surface area contributed by atoms with Crippen molar-refractivity contribution in [3.8, 4) is 22.3 Å². The van der Waals surface area contributed by atoms with Gasteiger partial charge in [-0.3, -0.25) is 0 Å². The van der Waals surface area contributed by atoms with E-state index in [4.69, 9.17) is 0 Å². The molecule has 0 N–H and O–H groups in total. The van der Waals surface area contributed by atoms with Crippen molar-refractivity contribution in [3.63, 3.8) is 0 Å². The van der Waals surface area contributed by atoms with Crippen LogP contribution in [0.15, 0.2) is 127 Å². The third-order valence-electron chi connectivity index (χ3n) is 7.94. The Morgan fingerprint density at radius 3 is 1.81 bits per heavy atom. The van der Waals surface area contributed by atoms with Crippen LogP contribution in [0.2, 0.25) is 0 Å². The molecule has 0 atom stereocenters. The lowest BCUT2D eigenvalue weighted by Crippen LogP contribution is -2.23. The molecule has 0 fully saturated rings. The summed E-state index contributed by atoms with van der Waals surface area (Å²) in [5.41, 5.74) is 11.7. The van der Waals surface area contributed by atoms with Crippen molar-refractivity contribution in [2.45, 2.75) is 32.1 Å². The summed E-state index contributed by atoms with van der Waals surface area (Å²) in [4.78, 5) is 2.39. The molecule has 36 heavy (non-hydrogen) atoms. The van der Waals surface area contributed by atoms with Crippen molar-refractivity contribution < 1.29 is 0 Å². The number of anilines is 3. The first-order valence-corrected chi connectivity index (χ1v) is 13.0. The molecule has 1 nitrogen and oxygen atoms in total. The maximum Gasteiger partial charge on any atom is 0.0467 e. The highest BCUT2D eigenvalue weighted by Crippen LogP contribution is 2.54.